The van der Waals surface area contributed by atoms with E-state index >= 15 is 0 Å². The number of aliphatic hydroxyl groups is 1. The van der Waals surface area contributed by atoms with Crippen LogP contribution in [-0.2, 0) is 65.4 Å². The van der Waals surface area contributed by atoms with Gasteiger partial charge in [-0.1, -0.05) is 312 Å². The quantitative estimate of drug-likeness (QED) is 0.0222. The molecule has 17 nitrogen and oxygen atoms in total. The van der Waals surface area contributed by atoms with E-state index in [1.807, 2.05) is 0 Å². The SMILES string of the molecule is CCC(C)CCCCCCCCC(=O)OC[C@H](COP(=O)(O)OC[C@H](O)COP(=O)(O)OC[C@@H](COC(=O)CCCCCCCCCCCCC(C)C)OC(=O)CCCCCCCCCC(C)C)OC(=O)CCCCCCCCCCCCCCCCCCC(C)C. The summed E-state index contributed by atoms with van der Waals surface area (Å²) >= 11 is 0. The van der Waals surface area contributed by atoms with E-state index < -0.39 is 97.5 Å². The van der Waals surface area contributed by atoms with Crippen LogP contribution in [0.2, 0.25) is 0 Å². The second-order valence-corrected chi connectivity index (χ2v) is 30.9. The van der Waals surface area contributed by atoms with Crippen molar-refractivity contribution in [2.24, 2.45) is 23.7 Å². The summed E-state index contributed by atoms with van der Waals surface area (Å²) in [6.45, 7) is 14.1. The van der Waals surface area contributed by atoms with Crippen molar-refractivity contribution in [3.8, 4) is 0 Å². The second-order valence-electron chi connectivity index (χ2n) is 28.0. The zero-order chi connectivity index (χ0) is 68.2. The molecule has 0 aromatic heterocycles. The number of aliphatic hydroxyl groups excluding tert-OH is 1. The first-order chi connectivity index (χ1) is 44.1. The van der Waals surface area contributed by atoms with Crippen LogP contribution in [0.3, 0.4) is 0 Å². The van der Waals surface area contributed by atoms with Gasteiger partial charge in [0.25, 0.3) is 0 Å². The van der Waals surface area contributed by atoms with Crippen molar-refractivity contribution >= 4 is 39.5 Å². The minimum atomic E-state index is -4.95. The summed E-state index contributed by atoms with van der Waals surface area (Å²) in [7, 11) is -9.91. The van der Waals surface area contributed by atoms with Gasteiger partial charge >= 0.3 is 39.5 Å². The van der Waals surface area contributed by atoms with E-state index in [4.69, 9.17) is 37.0 Å². The molecular weight excluding hydrogens is 1210 g/mol. The molecule has 92 heavy (non-hydrogen) atoms. The largest absolute Gasteiger partial charge is 0.472 e. The third kappa shape index (κ3) is 65.4. The van der Waals surface area contributed by atoms with Crippen LogP contribution < -0.4 is 0 Å². The van der Waals surface area contributed by atoms with Gasteiger partial charge in [0.05, 0.1) is 26.4 Å². The van der Waals surface area contributed by atoms with Crippen molar-refractivity contribution in [3.05, 3.63) is 0 Å². The summed E-state index contributed by atoms with van der Waals surface area (Å²) < 4.78 is 68.3. The van der Waals surface area contributed by atoms with Crippen molar-refractivity contribution in [3.63, 3.8) is 0 Å². The number of carbonyl (C=O) groups is 4. The molecule has 0 saturated carbocycles. The first-order valence-corrected chi connectivity index (χ1v) is 40.7. The molecule has 0 fully saturated rings. The molecule has 3 N–H and O–H groups in total. The molecule has 6 atom stereocenters. The molecule has 0 aromatic carbocycles. The van der Waals surface area contributed by atoms with Gasteiger partial charge in [-0.2, -0.15) is 0 Å². The van der Waals surface area contributed by atoms with Crippen LogP contribution in [0.5, 0.6) is 0 Å². The molecule has 0 saturated heterocycles. The molecular formula is C73H142O17P2. The Kier molecular flexibility index (Phi) is 61.3. The highest BCUT2D eigenvalue weighted by atomic mass is 31.2. The fourth-order valence-electron chi connectivity index (χ4n) is 11.0. The topological polar surface area (TPSA) is 237 Å². The highest BCUT2D eigenvalue weighted by molar-refractivity contribution is 7.47. The monoisotopic (exact) mass is 1350 g/mol. The number of esters is 4. The summed E-state index contributed by atoms with van der Waals surface area (Å²) in [6, 6.07) is 0. The Morgan fingerprint density at radius 1 is 0.304 bits per heavy atom. The zero-order valence-corrected chi connectivity index (χ0v) is 62.0. The molecule has 0 spiro atoms. The average Bonchev–Trinajstić information content (AvgIpc) is 2.37. The zero-order valence-electron chi connectivity index (χ0n) is 60.2. The fourth-order valence-corrected chi connectivity index (χ4v) is 12.6. The van der Waals surface area contributed by atoms with Crippen LogP contribution >= 0.6 is 15.6 Å². The smallest absolute Gasteiger partial charge is 0.462 e. The minimum absolute atomic E-state index is 0.103. The third-order valence-corrected chi connectivity index (χ3v) is 19.1. The van der Waals surface area contributed by atoms with E-state index in [-0.39, 0.29) is 25.7 Å². The van der Waals surface area contributed by atoms with Crippen LogP contribution in [-0.4, -0.2) is 96.7 Å². The molecule has 0 radical (unpaired) electrons. The molecule has 3 unspecified atom stereocenters. The summed E-state index contributed by atoms with van der Waals surface area (Å²) in [5.74, 6) is 0.866. The first-order valence-electron chi connectivity index (χ1n) is 37.7. The summed E-state index contributed by atoms with van der Waals surface area (Å²) in [6.07, 6.45) is 46.0. The van der Waals surface area contributed by atoms with Gasteiger partial charge < -0.3 is 33.8 Å². The molecule has 0 aliphatic rings. The summed E-state index contributed by atoms with van der Waals surface area (Å²) in [5, 5.41) is 10.6. The van der Waals surface area contributed by atoms with Crippen LogP contribution in [0.25, 0.3) is 0 Å². The fraction of sp³-hybridized carbons (Fsp3) is 0.945. The number of phosphoric acid groups is 2. The Labute approximate surface area is 562 Å². The number of rotatable bonds is 70. The predicted octanol–water partition coefficient (Wildman–Crippen LogP) is 20.9. The van der Waals surface area contributed by atoms with Crippen LogP contribution in [0.1, 0.15) is 364 Å². The number of hydrogen-bond donors (Lipinski definition) is 3. The molecule has 0 bridgehead atoms. The van der Waals surface area contributed by atoms with Crippen LogP contribution in [0, 0.1) is 23.7 Å². The normalized spacial score (nSPS) is 14.5. The minimum Gasteiger partial charge on any atom is -0.462 e. The molecule has 0 aromatic rings. The van der Waals surface area contributed by atoms with Gasteiger partial charge in [0.1, 0.15) is 19.3 Å². The Hall–Kier alpha value is -1.94. The Morgan fingerprint density at radius 2 is 0.522 bits per heavy atom. The number of hydrogen-bond acceptors (Lipinski definition) is 15. The van der Waals surface area contributed by atoms with Gasteiger partial charge in [-0.15, -0.1) is 0 Å². The Bertz CT molecular complexity index is 1820. The van der Waals surface area contributed by atoms with Crippen molar-refractivity contribution < 1.29 is 80.2 Å². The average molecular weight is 1350 g/mol. The van der Waals surface area contributed by atoms with Crippen molar-refractivity contribution in [1.29, 1.82) is 0 Å². The Morgan fingerprint density at radius 3 is 0.772 bits per heavy atom. The molecule has 0 heterocycles. The first kappa shape index (κ1) is 90.1. The highest BCUT2D eigenvalue weighted by Gasteiger charge is 2.30. The molecule has 0 aliphatic carbocycles. The highest BCUT2D eigenvalue weighted by Crippen LogP contribution is 2.45. The maximum Gasteiger partial charge on any atom is 0.472 e. The van der Waals surface area contributed by atoms with E-state index in [0.717, 1.165) is 114 Å². The van der Waals surface area contributed by atoms with Gasteiger partial charge in [-0.3, -0.25) is 37.3 Å². The molecule has 0 amide bonds. The molecule has 19 heteroatoms. The lowest BCUT2D eigenvalue weighted by molar-refractivity contribution is -0.161. The molecule has 0 rings (SSSR count). The van der Waals surface area contributed by atoms with E-state index in [0.29, 0.717) is 31.6 Å². The van der Waals surface area contributed by atoms with E-state index in [9.17, 15) is 43.2 Å². The summed E-state index contributed by atoms with van der Waals surface area (Å²) in [4.78, 5) is 72.6. The number of unbranched alkanes of at least 4 members (excludes halogenated alkanes) is 35. The van der Waals surface area contributed by atoms with Gasteiger partial charge in [0, 0.05) is 25.7 Å². The van der Waals surface area contributed by atoms with E-state index in [1.54, 1.807) is 0 Å². The third-order valence-electron chi connectivity index (χ3n) is 17.2. The van der Waals surface area contributed by atoms with Gasteiger partial charge in [0.2, 0.25) is 0 Å². The van der Waals surface area contributed by atoms with E-state index in [2.05, 4.69) is 55.4 Å². The lowest BCUT2D eigenvalue weighted by Gasteiger charge is -2.21. The lowest BCUT2D eigenvalue weighted by atomic mass is 10.00. The molecule has 0 aliphatic heterocycles. The van der Waals surface area contributed by atoms with Crippen molar-refractivity contribution in [1.82, 2.24) is 0 Å². The predicted molar refractivity (Wildman–Crippen MR) is 372 cm³/mol. The van der Waals surface area contributed by atoms with Gasteiger partial charge in [-0.05, 0) is 49.4 Å². The van der Waals surface area contributed by atoms with Gasteiger partial charge in [0.15, 0.2) is 12.2 Å². The number of ether oxygens (including phenoxy) is 4. The standard InChI is InChI=1S/C73H142O17P2/c1-9-66(8)52-44-36-31-32-38-46-54-71(76)84-60-69(89-72(77)55-47-39-29-23-17-15-13-11-10-12-14-16-20-25-33-41-49-63(2)3)62-88-92(81,82)86-58-67(74)57-85-91(79,80)87-61-68(90-73(78)56-48-40-30-24-27-35-43-51-65(6)7)59-83-70(75)53-45-37-28-22-19-18-21-26-34-42-50-64(4)5/h63-69,74H,9-62H2,1-8H3,(H,79,80)(H,81,82)/t66?,67-,68-,69-/m1/s1. The number of carbonyl (C=O) groups excluding carboxylic acids is 4. The number of phosphoric ester groups is 2. The lowest BCUT2D eigenvalue weighted by Crippen LogP contribution is -2.30. The van der Waals surface area contributed by atoms with Crippen molar-refractivity contribution in [2.75, 3.05) is 39.6 Å². The van der Waals surface area contributed by atoms with Crippen molar-refractivity contribution in [2.45, 2.75) is 382 Å². The second kappa shape index (κ2) is 62.6. The maximum absolute atomic E-state index is 13.0. The molecule has 546 valence electrons. The van der Waals surface area contributed by atoms with E-state index in [1.165, 1.54) is 161 Å². The van der Waals surface area contributed by atoms with Crippen LogP contribution in [0.4, 0.5) is 0 Å². The van der Waals surface area contributed by atoms with Crippen LogP contribution in [0.15, 0.2) is 0 Å². The maximum atomic E-state index is 13.0. The van der Waals surface area contributed by atoms with Gasteiger partial charge in [-0.25, -0.2) is 9.13 Å². The Balaban J connectivity index is 5.20. The summed E-state index contributed by atoms with van der Waals surface area (Å²) in [5.41, 5.74) is 0.